The fourth-order valence-corrected chi connectivity index (χ4v) is 2.25. The van der Waals surface area contributed by atoms with E-state index < -0.39 is 6.10 Å². The SMILES string of the molecule is O=C(c1cncnc1)C(Oc1ccc(Cl)cc1)c1ccccc1. The van der Waals surface area contributed by atoms with Crippen LogP contribution in [0.25, 0.3) is 0 Å². The summed E-state index contributed by atoms with van der Waals surface area (Å²) in [6.45, 7) is 0. The Hall–Kier alpha value is -2.72. The van der Waals surface area contributed by atoms with Gasteiger partial charge in [-0.15, -0.1) is 0 Å². The topological polar surface area (TPSA) is 52.1 Å². The van der Waals surface area contributed by atoms with Crippen molar-refractivity contribution in [1.82, 2.24) is 9.97 Å². The lowest BCUT2D eigenvalue weighted by Crippen LogP contribution is -2.19. The summed E-state index contributed by atoms with van der Waals surface area (Å²) in [7, 11) is 0. The first-order valence-corrected chi connectivity index (χ1v) is 7.38. The molecule has 0 aliphatic heterocycles. The number of nitrogens with zero attached hydrogens (tertiary/aromatic N) is 2. The maximum absolute atomic E-state index is 12.8. The monoisotopic (exact) mass is 324 g/mol. The van der Waals surface area contributed by atoms with Crippen molar-refractivity contribution in [1.29, 1.82) is 0 Å². The molecule has 3 rings (SSSR count). The minimum Gasteiger partial charge on any atom is -0.478 e. The Labute approximate surface area is 138 Å². The minimum atomic E-state index is -0.775. The van der Waals surface area contributed by atoms with E-state index in [1.165, 1.54) is 18.7 Å². The van der Waals surface area contributed by atoms with Gasteiger partial charge in [0.1, 0.15) is 12.1 Å². The first kappa shape index (κ1) is 15.2. The van der Waals surface area contributed by atoms with Gasteiger partial charge in [0.05, 0.1) is 5.56 Å². The number of hydrogen-bond donors (Lipinski definition) is 0. The van der Waals surface area contributed by atoms with E-state index in [1.807, 2.05) is 30.3 Å². The third-order valence-electron chi connectivity index (χ3n) is 3.25. The second-order valence-electron chi connectivity index (χ2n) is 4.85. The molecule has 114 valence electrons. The number of ether oxygens (including phenoxy) is 1. The van der Waals surface area contributed by atoms with E-state index in [0.717, 1.165) is 5.56 Å². The third-order valence-corrected chi connectivity index (χ3v) is 3.51. The molecule has 5 heteroatoms. The highest BCUT2D eigenvalue weighted by Crippen LogP contribution is 2.26. The average molecular weight is 325 g/mol. The van der Waals surface area contributed by atoms with Gasteiger partial charge in [-0.05, 0) is 24.3 Å². The van der Waals surface area contributed by atoms with Crippen molar-refractivity contribution in [2.75, 3.05) is 0 Å². The fraction of sp³-hybridized carbons (Fsp3) is 0.0556. The Morgan fingerprint density at radius 3 is 2.26 bits per heavy atom. The number of hydrogen-bond acceptors (Lipinski definition) is 4. The lowest BCUT2D eigenvalue weighted by Gasteiger charge is -2.18. The van der Waals surface area contributed by atoms with Crippen LogP contribution in [0.5, 0.6) is 5.75 Å². The van der Waals surface area contributed by atoms with Crippen LogP contribution < -0.4 is 4.74 Å². The maximum atomic E-state index is 12.8. The highest BCUT2D eigenvalue weighted by Gasteiger charge is 2.24. The molecule has 23 heavy (non-hydrogen) atoms. The van der Waals surface area contributed by atoms with Crippen molar-refractivity contribution in [3.63, 3.8) is 0 Å². The third kappa shape index (κ3) is 3.73. The first-order valence-electron chi connectivity index (χ1n) is 7.00. The second kappa shape index (κ2) is 7.03. The number of halogens is 1. The number of Topliss-reactive ketones (excluding diaryl/α,β-unsaturated/α-hetero) is 1. The van der Waals surface area contributed by atoms with E-state index >= 15 is 0 Å². The van der Waals surface area contributed by atoms with Crippen LogP contribution >= 0.6 is 11.6 Å². The summed E-state index contributed by atoms with van der Waals surface area (Å²) < 4.78 is 5.91. The van der Waals surface area contributed by atoms with Crippen molar-refractivity contribution in [2.24, 2.45) is 0 Å². The van der Waals surface area contributed by atoms with Crippen molar-refractivity contribution >= 4 is 17.4 Å². The number of aromatic nitrogens is 2. The summed E-state index contributed by atoms with van der Waals surface area (Å²) in [5.41, 5.74) is 1.16. The molecule has 0 aliphatic carbocycles. The van der Waals surface area contributed by atoms with Crippen LogP contribution in [0.4, 0.5) is 0 Å². The molecule has 0 aliphatic rings. The van der Waals surface area contributed by atoms with Crippen LogP contribution in [0, 0.1) is 0 Å². The molecule has 0 saturated heterocycles. The lowest BCUT2D eigenvalue weighted by molar-refractivity contribution is 0.0791. The van der Waals surface area contributed by atoms with Crippen LogP contribution in [0.1, 0.15) is 22.0 Å². The largest absolute Gasteiger partial charge is 0.478 e. The smallest absolute Gasteiger partial charge is 0.211 e. The highest BCUT2D eigenvalue weighted by molar-refractivity contribution is 6.30. The normalized spacial score (nSPS) is 11.7. The molecule has 1 atom stereocenters. The Morgan fingerprint density at radius 2 is 1.61 bits per heavy atom. The Kier molecular flexibility index (Phi) is 4.64. The number of benzene rings is 2. The van der Waals surface area contributed by atoms with E-state index in [4.69, 9.17) is 16.3 Å². The Morgan fingerprint density at radius 1 is 0.957 bits per heavy atom. The zero-order valence-corrected chi connectivity index (χ0v) is 12.9. The summed E-state index contributed by atoms with van der Waals surface area (Å²) in [6, 6.07) is 16.2. The average Bonchev–Trinajstić information content (AvgIpc) is 2.62. The van der Waals surface area contributed by atoms with Gasteiger partial charge in [0.15, 0.2) is 6.10 Å². The van der Waals surface area contributed by atoms with Crippen molar-refractivity contribution < 1.29 is 9.53 Å². The first-order chi connectivity index (χ1) is 11.2. The molecule has 0 bridgehead atoms. The predicted molar refractivity (Wildman–Crippen MR) is 87.6 cm³/mol. The molecule has 2 aromatic carbocycles. The molecule has 0 spiro atoms. The van der Waals surface area contributed by atoms with Gasteiger partial charge < -0.3 is 4.74 Å². The molecule has 0 N–H and O–H groups in total. The van der Waals surface area contributed by atoms with E-state index in [-0.39, 0.29) is 5.78 Å². The number of ketones is 1. The minimum absolute atomic E-state index is 0.202. The van der Waals surface area contributed by atoms with Crippen molar-refractivity contribution in [3.05, 3.63) is 89.5 Å². The van der Waals surface area contributed by atoms with Gasteiger partial charge in [-0.3, -0.25) is 4.79 Å². The van der Waals surface area contributed by atoms with Crippen LogP contribution in [-0.2, 0) is 0 Å². The summed E-state index contributed by atoms with van der Waals surface area (Å²) in [5.74, 6) is 0.361. The maximum Gasteiger partial charge on any atom is 0.211 e. The van der Waals surface area contributed by atoms with Crippen LogP contribution in [0.15, 0.2) is 73.3 Å². The standard InChI is InChI=1S/C18H13ClN2O2/c19-15-6-8-16(9-7-15)23-18(13-4-2-1-3-5-13)17(22)14-10-20-12-21-11-14/h1-12,18H. The van der Waals surface area contributed by atoms with E-state index in [9.17, 15) is 4.79 Å². The molecule has 0 radical (unpaired) electrons. The van der Waals surface area contributed by atoms with Gasteiger partial charge in [0.25, 0.3) is 0 Å². The van der Waals surface area contributed by atoms with E-state index in [0.29, 0.717) is 16.3 Å². The summed E-state index contributed by atoms with van der Waals surface area (Å²) in [4.78, 5) is 20.6. The fourth-order valence-electron chi connectivity index (χ4n) is 2.13. The van der Waals surface area contributed by atoms with Gasteiger partial charge in [0.2, 0.25) is 5.78 Å². The molecule has 4 nitrogen and oxygen atoms in total. The molecule has 0 fully saturated rings. The van der Waals surface area contributed by atoms with Crippen LogP contribution in [0.3, 0.4) is 0 Å². The van der Waals surface area contributed by atoms with Crippen LogP contribution in [-0.4, -0.2) is 15.8 Å². The number of carbonyl (C=O) groups is 1. The molecular weight excluding hydrogens is 312 g/mol. The summed E-state index contributed by atoms with van der Waals surface area (Å²) in [5, 5.41) is 0.608. The quantitative estimate of drug-likeness (QED) is 0.662. The van der Waals surface area contributed by atoms with Gasteiger partial charge in [-0.25, -0.2) is 9.97 Å². The second-order valence-corrected chi connectivity index (χ2v) is 5.29. The predicted octanol–water partition coefficient (Wildman–Crippen LogP) is 4.13. The summed E-state index contributed by atoms with van der Waals surface area (Å²) >= 11 is 5.88. The Balaban J connectivity index is 1.94. The molecule has 1 unspecified atom stereocenters. The molecular formula is C18H13ClN2O2. The molecule has 3 aromatic rings. The van der Waals surface area contributed by atoms with Gasteiger partial charge in [0, 0.05) is 23.0 Å². The molecule has 0 saturated carbocycles. The highest BCUT2D eigenvalue weighted by atomic mass is 35.5. The molecule has 1 heterocycles. The zero-order valence-electron chi connectivity index (χ0n) is 12.1. The van der Waals surface area contributed by atoms with E-state index in [1.54, 1.807) is 24.3 Å². The van der Waals surface area contributed by atoms with Crippen molar-refractivity contribution in [2.45, 2.75) is 6.10 Å². The Bertz CT molecular complexity index is 777. The number of rotatable bonds is 5. The van der Waals surface area contributed by atoms with Gasteiger partial charge in [-0.1, -0.05) is 41.9 Å². The van der Waals surface area contributed by atoms with Gasteiger partial charge in [-0.2, -0.15) is 0 Å². The van der Waals surface area contributed by atoms with Crippen LogP contribution in [0.2, 0.25) is 5.02 Å². The molecule has 0 amide bonds. The summed E-state index contributed by atoms with van der Waals surface area (Å²) in [6.07, 6.45) is 3.57. The van der Waals surface area contributed by atoms with Gasteiger partial charge >= 0.3 is 0 Å². The van der Waals surface area contributed by atoms with E-state index in [2.05, 4.69) is 9.97 Å². The lowest BCUT2D eigenvalue weighted by atomic mass is 10.0. The van der Waals surface area contributed by atoms with Crippen molar-refractivity contribution in [3.8, 4) is 5.75 Å². The zero-order chi connectivity index (χ0) is 16.1. The molecule has 1 aromatic heterocycles. The number of carbonyl (C=O) groups excluding carboxylic acids is 1.